The highest BCUT2D eigenvalue weighted by molar-refractivity contribution is 9.09. The second kappa shape index (κ2) is 4.99. The van der Waals surface area contributed by atoms with Crippen LogP contribution in [0.5, 0.6) is 0 Å². The molecule has 2 aromatic carbocycles. The summed E-state index contributed by atoms with van der Waals surface area (Å²) < 4.78 is 0. The van der Waals surface area contributed by atoms with Gasteiger partial charge in [0.2, 0.25) is 0 Å². The summed E-state index contributed by atoms with van der Waals surface area (Å²) in [5.74, 6) is 0. The Morgan fingerprint density at radius 2 is 1.67 bits per heavy atom. The van der Waals surface area contributed by atoms with Gasteiger partial charge >= 0.3 is 0 Å². The standard InChI is InChI=1S/C16H14BrN/c17-16-11-10-14-8-4-5-9-15(14)18(16)12-13-6-2-1-3-7-13/h1-11,16H,12H2. The molecule has 1 aliphatic heterocycles. The maximum Gasteiger partial charge on any atom is 0.104 e. The second-order valence-electron chi connectivity index (χ2n) is 4.40. The van der Waals surface area contributed by atoms with Gasteiger partial charge in [0, 0.05) is 12.2 Å². The number of alkyl halides is 1. The van der Waals surface area contributed by atoms with Gasteiger partial charge in [0.25, 0.3) is 0 Å². The molecule has 0 fully saturated rings. The van der Waals surface area contributed by atoms with Crippen LogP contribution >= 0.6 is 15.9 Å². The quantitative estimate of drug-likeness (QED) is 0.585. The van der Waals surface area contributed by atoms with Gasteiger partial charge in [-0.15, -0.1) is 0 Å². The lowest BCUT2D eigenvalue weighted by Crippen LogP contribution is -2.31. The fourth-order valence-corrected chi connectivity index (χ4v) is 2.78. The Morgan fingerprint density at radius 3 is 2.50 bits per heavy atom. The van der Waals surface area contributed by atoms with Crippen LogP contribution in [0.25, 0.3) is 6.08 Å². The highest BCUT2D eigenvalue weighted by atomic mass is 79.9. The molecule has 0 aromatic heterocycles. The van der Waals surface area contributed by atoms with Gasteiger partial charge in [-0.1, -0.05) is 76.6 Å². The summed E-state index contributed by atoms with van der Waals surface area (Å²) in [4.78, 5) is 2.62. The second-order valence-corrected chi connectivity index (χ2v) is 5.34. The van der Waals surface area contributed by atoms with Crippen molar-refractivity contribution in [1.82, 2.24) is 0 Å². The normalized spacial score (nSPS) is 17.6. The first-order valence-electron chi connectivity index (χ1n) is 6.06. The Kier molecular flexibility index (Phi) is 3.20. The Hall–Kier alpha value is -1.54. The smallest absolute Gasteiger partial charge is 0.104 e. The van der Waals surface area contributed by atoms with Crippen LogP contribution in [0.15, 0.2) is 60.7 Å². The minimum atomic E-state index is 0.257. The van der Waals surface area contributed by atoms with Crippen LogP contribution in [-0.2, 0) is 6.54 Å². The number of para-hydroxylation sites is 1. The summed E-state index contributed by atoms with van der Waals surface area (Å²) in [5.41, 5.74) is 3.89. The van der Waals surface area contributed by atoms with Crippen LogP contribution in [0.2, 0.25) is 0 Å². The fraction of sp³-hybridized carbons (Fsp3) is 0.125. The number of anilines is 1. The molecule has 2 heteroatoms. The molecular weight excluding hydrogens is 286 g/mol. The molecule has 3 rings (SSSR count). The number of hydrogen-bond acceptors (Lipinski definition) is 1. The van der Waals surface area contributed by atoms with Crippen molar-refractivity contribution in [2.45, 2.75) is 11.5 Å². The van der Waals surface area contributed by atoms with Crippen molar-refractivity contribution in [3.63, 3.8) is 0 Å². The van der Waals surface area contributed by atoms with E-state index < -0.39 is 0 Å². The fourth-order valence-electron chi connectivity index (χ4n) is 2.26. The average molecular weight is 300 g/mol. The van der Waals surface area contributed by atoms with Gasteiger partial charge in [-0.25, -0.2) is 0 Å². The van der Waals surface area contributed by atoms with E-state index in [1.165, 1.54) is 16.8 Å². The minimum Gasteiger partial charge on any atom is -0.351 e. The summed E-state index contributed by atoms with van der Waals surface area (Å²) in [7, 11) is 0. The first kappa shape index (κ1) is 11.5. The van der Waals surface area contributed by atoms with Gasteiger partial charge < -0.3 is 4.90 Å². The van der Waals surface area contributed by atoms with E-state index in [1.54, 1.807) is 0 Å². The Balaban J connectivity index is 1.94. The lowest BCUT2D eigenvalue weighted by atomic mass is 10.1. The van der Waals surface area contributed by atoms with E-state index in [0.717, 1.165) is 6.54 Å². The number of nitrogens with zero attached hydrogens (tertiary/aromatic N) is 1. The maximum atomic E-state index is 3.72. The molecule has 18 heavy (non-hydrogen) atoms. The monoisotopic (exact) mass is 299 g/mol. The van der Waals surface area contributed by atoms with Crippen molar-refractivity contribution in [1.29, 1.82) is 0 Å². The van der Waals surface area contributed by atoms with Crippen molar-refractivity contribution in [3.8, 4) is 0 Å². The zero-order valence-electron chi connectivity index (χ0n) is 9.96. The molecule has 0 saturated carbocycles. The zero-order chi connectivity index (χ0) is 12.4. The topological polar surface area (TPSA) is 3.24 Å². The molecule has 0 spiro atoms. The van der Waals surface area contributed by atoms with E-state index in [1.807, 2.05) is 0 Å². The predicted octanol–water partition coefficient (Wildman–Crippen LogP) is 4.44. The van der Waals surface area contributed by atoms with Crippen LogP contribution in [0.3, 0.4) is 0 Å². The van der Waals surface area contributed by atoms with Crippen molar-refractivity contribution in [2.24, 2.45) is 0 Å². The highest BCUT2D eigenvalue weighted by Gasteiger charge is 2.19. The van der Waals surface area contributed by atoms with Crippen molar-refractivity contribution >= 4 is 27.7 Å². The molecule has 1 nitrogen and oxygen atoms in total. The third kappa shape index (κ3) is 2.21. The van der Waals surface area contributed by atoms with Crippen LogP contribution in [-0.4, -0.2) is 4.95 Å². The molecule has 1 atom stereocenters. The number of fused-ring (bicyclic) bond motifs is 1. The average Bonchev–Trinajstić information content (AvgIpc) is 2.43. The predicted molar refractivity (Wildman–Crippen MR) is 80.8 cm³/mol. The van der Waals surface area contributed by atoms with Crippen LogP contribution in [0.4, 0.5) is 5.69 Å². The summed E-state index contributed by atoms with van der Waals surface area (Å²) in [6.45, 7) is 0.915. The van der Waals surface area contributed by atoms with Gasteiger partial charge in [-0.3, -0.25) is 0 Å². The number of rotatable bonds is 2. The summed E-state index contributed by atoms with van der Waals surface area (Å²) >= 11 is 3.72. The Bertz CT molecular complexity index is 562. The summed E-state index contributed by atoms with van der Waals surface area (Å²) in [5, 5.41) is 0. The van der Waals surface area contributed by atoms with Gasteiger partial charge in [0.1, 0.15) is 4.95 Å². The van der Waals surface area contributed by atoms with Crippen molar-refractivity contribution in [3.05, 3.63) is 71.8 Å². The molecule has 1 unspecified atom stereocenters. The highest BCUT2D eigenvalue weighted by Crippen LogP contribution is 2.32. The number of halogens is 1. The lowest BCUT2D eigenvalue weighted by Gasteiger charge is -2.32. The maximum absolute atomic E-state index is 3.72. The Morgan fingerprint density at radius 1 is 0.944 bits per heavy atom. The minimum absolute atomic E-state index is 0.257. The molecule has 0 amide bonds. The van der Waals surface area contributed by atoms with E-state index >= 15 is 0 Å². The molecule has 0 saturated heterocycles. The molecule has 2 aromatic rings. The number of hydrogen-bond donors (Lipinski definition) is 0. The van der Waals surface area contributed by atoms with Crippen molar-refractivity contribution in [2.75, 3.05) is 4.90 Å². The molecular formula is C16H14BrN. The Labute approximate surface area is 116 Å². The van der Waals surface area contributed by atoms with Crippen LogP contribution in [0.1, 0.15) is 11.1 Å². The van der Waals surface area contributed by atoms with E-state index in [-0.39, 0.29) is 4.95 Å². The van der Waals surface area contributed by atoms with Gasteiger partial charge in [-0.05, 0) is 17.2 Å². The zero-order valence-corrected chi connectivity index (χ0v) is 11.5. The number of benzene rings is 2. The van der Waals surface area contributed by atoms with Gasteiger partial charge in [0.15, 0.2) is 0 Å². The van der Waals surface area contributed by atoms with E-state index in [0.29, 0.717) is 0 Å². The lowest BCUT2D eigenvalue weighted by molar-refractivity contribution is 0.835. The molecule has 0 radical (unpaired) electrons. The van der Waals surface area contributed by atoms with Crippen LogP contribution < -0.4 is 4.90 Å². The largest absolute Gasteiger partial charge is 0.351 e. The molecule has 0 N–H and O–H groups in total. The summed E-state index contributed by atoms with van der Waals surface area (Å²) in [6, 6.07) is 19.1. The van der Waals surface area contributed by atoms with E-state index in [2.05, 4.69) is 87.6 Å². The first-order chi connectivity index (χ1) is 8.84. The van der Waals surface area contributed by atoms with E-state index in [4.69, 9.17) is 0 Å². The summed E-state index contributed by atoms with van der Waals surface area (Å²) in [6.07, 6.45) is 4.36. The van der Waals surface area contributed by atoms with Crippen LogP contribution in [0, 0.1) is 0 Å². The molecule has 0 aliphatic carbocycles. The van der Waals surface area contributed by atoms with Crippen molar-refractivity contribution < 1.29 is 0 Å². The molecule has 90 valence electrons. The van der Waals surface area contributed by atoms with E-state index in [9.17, 15) is 0 Å². The van der Waals surface area contributed by atoms with Gasteiger partial charge in [0.05, 0.1) is 0 Å². The third-order valence-corrected chi connectivity index (χ3v) is 3.97. The molecule has 0 bridgehead atoms. The third-order valence-electron chi connectivity index (χ3n) is 3.17. The SMILES string of the molecule is BrC1C=Cc2ccccc2N1Cc1ccccc1. The molecule has 1 aliphatic rings. The van der Waals surface area contributed by atoms with Gasteiger partial charge in [-0.2, -0.15) is 0 Å². The first-order valence-corrected chi connectivity index (χ1v) is 6.98. The molecule has 1 heterocycles.